The molecule has 0 aliphatic carbocycles. The van der Waals surface area contributed by atoms with E-state index in [1.807, 2.05) is 13.8 Å². The fourth-order valence-electron chi connectivity index (χ4n) is 6.02. The summed E-state index contributed by atoms with van der Waals surface area (Å²) in [7, 11) is 3.32. The van der Waals surface area contributed by atoms with Crippen LogP contribution in [0.3, 0.4) is 0 Å². The average Bonchev–Trinajstić information content (AvgIpc) is 3.08. The molecular formula is C28H44N3O8Si. The van der Waals surface area contributed by atoms with Crippen LogP contribution in [-0.2, 0) is 20.5 Å². The first-order chi connectivity index (χ1) is 18.4. The molecule has 0 spiro atoms. The Bertz CT molecular complexity index is 1040. The van der Waals surface area contributed by atoms with Crippen molar-refractivity contribution < 1.29 is 33.5 Å². The number of likely N-dealkylation sites (tertiary alicyclic amines) is 1. The van der Waals surface area contributed by atoms with E-state index >= 15 is 0 Å². The zero-order chi connectivity index (χ0) is 30.5. The number of nitro groups is 1. The third-order valence-electron chi connectivity index (χ3n) is 7.68. The highest BCUT2D eigenvalue weighted by Crippen LogP contribution is 2.59. The predicted octanol–water partition coefficient (Wildman–Crippen LogP) is 4.95. The summed E-state index contributed by atoms with van der Waals surface area (Å²) in [6.45, 7) is 16.1. The molecule has 1 heterocycles. The van der Waals surface area contributed by atoms with Gasteiger partial charge in [0.1, 0.15) is 17.9 Å². The van der Waals surface area contributed by atoms with Crippen LogP contribution in [0.5, 0.6) is 0 Å². The molecule has 11 nitrogen and oxygen atoms in total. The molecule has 3 radical (unpaired) electrons. The molecule has 0 bridgehead atoms. The van der Waals surface area contributed by atoms with E-state index in [-0.39, 0.29) is 36.8 Å². The van der Waals surface area contributed by atoms with E-state index in [1.54, 1.807) is 37.8 Å². The van der Waals surface area contributed by atoms with E-state index in [2.05, 4.69) is 36.6 Å². The first-order valence-electron chi connectivity index (χ1n) is 13.5. The molecule has 1 aromatic rings. The van der Waals surface area contributed by atoms with Crippen molar-refractivity contribution in [2.75, 3.05) is 19.7 Å². The number of carbonyl (C=O) groups is 2. The Morgan fingerprint density at radius 3 is 2.25 bits per heavy atom. The van der Waals surface area contributed by atoms with E-state index in [0.29, 0.717) is 24.9 Å². The molecule has 40 heavy (non-hydrogen) atoms. The molecule has 3 unspecified atom stereocenters. The van der Waals surface area contributed by atoms with Crippen LogP contribution < -0.4 is 5.32 Å². The van der Waals surface area contributed by atoms with Crippen LogP contribution in [0.25, 0.3) is 0 Å². The number of nitrogens with zero attached hydrogens (tertiary/aromatic N) is 2. The molecule has 3 atom stereocenters. The number of hydrogen-bond acceptors (Lipinski definition) is 8. The molecule has 223 valence electrons. The van der Waals surface area contributed by atoms with E-state index < -0.39 is 39.8 Å². The van der Waals surface area contributed by atoms with E-state index in [4.69, 9.17) is 13.9 Å². The highest BCUT2D eigenvalue weighted by Gasteiger charge is 2.66. The largest absolute Gasteiger partial charge is 0.444 e. The highest BCUT2D eigenvalue weighted by molar-refractivity contribution is 5.98. The molecule has 12 heteroatoms. The number of amides is 2. The van der Waals surface area contributed by atoms with Gasteiger partial charge in [-0.1, -0.05) is 34.6 Å². The summed E-state index contributed by atoms with van der Waals surface area (Å²) in [4.78, 5) is 38.1. The number of non-ortho nitro benzene ring substituents is 1. The molecule has 1 saturated heterocycles. The number of carbonyl (C=O) groups excluding carboxylic acids is 2. The van der Waals surface area contributed by atoms with Crippen LogP contribution in [-0.4, -0.2) is 68.6 Å². The normalized spacial score (nSPS) is 21.6. The van der Waals surface area contributed by atoms with Crippen molar-refractivity contribution in [3.63, 3.8) is 0 Å². The molecule has 2 amide bonds. The second-order valence-corrected chi connectivity index (χ2v) is 13.2. The van der Waals surface area contributed by atoms with Crippen LogP contribution in [0, 0.1) is 32.8 Å². The monoisotopic (exact) mass is 578 g/mol. The minimum Gasteiger partial charge on any atom is -0.444 e. The lowest BCUT2D eigenvalue weighted by Gasteiger charge is -2.52. The molecule has 2 rings (SSSR count). The maximum atomic E-state index is 13.7. The van der Waals surface area contributed by atoms with Gasteiger partial charge in [-0.05, 0) is 62.6 Å². The second kappa shape index (κ2) is 12.9. The maximum absolute atomic E-state index is 13.7. The molecule has 0 aromatic heterocycles. The Balaban J connectivity index is 2.38. The first-order valence-corrected chi connectivity index (χ1v) is 13.9. The molecule has 2 N–H and O–H groups in total. The van der Waals surface area contributed by atoms with Gasteiger partial charge < -0.3 is 24.3 Å². The topological polar surface area (TPSA) is 140 Å². The summed E-state index contributed by atoms with van der Waals surface area (Å²) < 4.78 is 17.2. The van der Waals surface area contributed by atoms with E-state index in [1.165, 1.54) is 12.1 Å². The SMILES string of the molecule is CC(C)(C)OC(=O)NCCC(CCO)C1(O[Si])N(C(=O)OCc2ccc([N+](=O)[O-])cc2)CC(C(C)(C)C)C1(C)C. The van der Waals surface area contributed by atoms with Gasteiger partial charge in [-0.3, -0.25) is 15.0 Å². The van der Waals surface area contributed by atoms with Crippen LogP contribution in [0.2, 0.25) is 0 Å². The van der Waals surface area contributed by atoms with Gasteiger partial charge >= 0.3 is 12.2 Å². The molecule has 1 aromatic carbocycles. The fraction of sp³-hybridized carbons (Fsp3) is 0.714. The van der Waals surface area contributed by atoms with Crippen LogP contribution in [0.15, 0.2) is 24.3 Å². The summed E-state index contributed by atoms with van der Waals surface area (Å²) in [6.07, 6.45) is -0.482. The van der Waals surface area contributed by atoms with E-state index in [0.717, 1.165) is 0 Å². The number of nitrogens with one attached hydrogen (secondary N) is 1. The van der Waals surface area contributed by atoms with Gasteiger partial charge in [0.05, 0.1) is 4.92 Å². The Hall–Kier alpha value is -2.70. The van der Waals surface area contributed by atoms with Crippen LogP contribution in [0.4, 0.5) is 15.3 Å². The maximum Gasteiger partial charge on any atom is 0.412 e. The smallest absolute Gasteiger partial charge is 0.412 e. The third kappa shape index (κ3) is 7.52. The summed E-state index contributed by atoms with van der Waals surface area (Å²) >= 11 is 0. The summed E-state index contributed by atoms with van der Waals surface area (Å²) in [6, 6.07) is 5.81. The van der Waals surface area contributed by atoms with E-state index in [9.17, 15) is 24.8 Å². The number of hydrogen-bond donors (Lipinski definition) is 2. The van der Waals surface area contributed by atoms with Crippen molar-refractivity contribution >= 4 is 28.4 Å². The van der Waals surface area contributed by atoms with Gasteiger partial charge in [0, 0.05) is 43.2 Å². The number of aliphatic hydroxyl groups is 1. The van der Waals surface area contributed by atoms with Gasteiger partial charge in [-0.2, -0.15) is 0 Å². The number of aliphatic hydroxyl groups excluding tert-OH is 1. The summed E-state index contributed by atoms with van der Waals surface area (Å²) in [5.74, 6) is -0.428. The van der Waals surface area contributed by atoms with Gasteiger partial charge in [0.15, 0.2) is 0 Å². The number of alkyl carbamates (subject to hydrolysis) is 1. The molecular weight excluding hydrogens is 534 g/mol. The van der Waals surface area contributed by atoms with Crippen molar-refractivity contribution in [1.82, 2.24) is 10.2 Å². The summed E-state index contributed by atoms with van der Waals surface area (Å²) in [5, 5.41) is 23.8. The van der Waals surface area contributed by atoms with Crippen molar-refractivity contribution in [2.45, 2.75) is 86.2 Å². The van der Waals surface area contributed by atoms with Crippen LogP contribution >= 0.6 is 0 Å². The Labute approximate surface area is 240 Å². The number of nitro benzene ring substituents is 1. The quantitative estimate of drug-likeness (QED) is 0.226. The Kier molecular flexibility index (Phi) is 10.8. The number of benzene rings is 1. The lowest BCUT2D eigenvalue weighted by molar-refractivity contribution is -0.384. The number of ether oxygens (including phenoxy) is 2. The van der Waals surface area contributed by atoms with Gasteiger partial charge in [-0.25, -0.2) is 9.59 Å². The fourth-order valence-corrected chi connectivity index (χ4v) is 6.56. The standard InChI is InChI=1S/C28H44N3O8Si/c1-25(2,3)22-17-30(24(34)37-18-19-9-11-21(12-10-19)31(35)36)28(39-40,27(22,7)8)20(14-16-32)13-15-29-23(33)38-26(4,5)6/h9-12,20,22,32H,13-18H2,1-8H3,(H,29,33). The lowest BCUT2D eigenvalue weighted by atomic mass is 9.61. The number of rotatable bonds is 10. The average molecular weight is 579 g/mol. The van der Waals surface area contributed by atoms with Gasteiger partial charge in [-0.15, -0.1) is 0 Å². The van der Waals surface area contributed by atoms with Crippen molar-refractivity contribution in [3.8, 4) is 0 Å². The van der Waals surface area contributed by atoms with Gasteiger partial charge in [0.2, 0.25) is 10.5 Å². The zero-order valence-corrected chi connectivity index (χ0v) is 25.9. The Morgan fingerprint density at radius 2 is 1.77 bits per heavy atom. The first kappa shape index (κ1) is 33.5. The second-order valence-electron chi connectivity index (χ2n) is 13.0. The van der Waals surface area contributed by atoms with Gasteiger partial charge in [0.25, 0.3) is 5.69 Å². The molecule has 1 aliphatic rings. The van der Waals surface area contributed by atoms with Crippen molar-refractivity contribution in [2.24, 2.45) is 22.7 Å². The summed E-state index contributed by atoms with van der Waals surface area (Å²) in [5.41, 5.74) is -2.18. The van der Waals surface area contributed by atoms with Crippen molar-refractivity contribution in [1.29, 1.82) is 0 Å². The molecule has 1 aliphatic heterocycles. The minimum atomic E-state index is -1.24. The molecule has 0 saturated carbocycles. The third-order valence-corrected chi connectivity index (χ3v) is 7.99. The minimum absolute atomic E-state index is 0.0247. The van der Waals surface area contributed by atoms with Crippen molar-refractivity contribution in [3.05, 3.63) is 39.9 Å². The van der Waals surface area contributed by atoms with Crippen LogP contribution in [0.1, 0.15) is 73.8 Å². The predicted molar refractivity (Wildman–Crippen MR) is 150 cm³/mol. The molecule has 1 fully saturated rings. The highest BCUT2D eigenvalue weighted by atomic mass is 28.2. The lowest BCUT2D eigenvalue weighted by Crippen LogP contribution is -2.62. The zero-order valence-electron chi connectivity index (χ0n) is 24.9. The Morgan fingerprint density at radius 1 is 1.18 bits per heavy atom.